The second-order valence-corrected chi connectivity index (χ2v) is 7.54. The van der Waals surface area contributed by atoms with Crippen molar-refractivity contribution in [3.63, 3.8) is 0 Å². The van der Waals surface area contributed by atoms with Gasteiger partial charge in [-0.25, -0.2) is 4.98 Å². The standard InChI is InChI=1S/C22H27N5O/c1-16-6-8-17(9-7-16)10-13-26-11-3-12-27(15-14-26)22-24-19-5-2-4-18(21(23)28)20(19)25-22/h2,4-9H,3,10-15H2,1H3,(H2,23,28)(H,24,25). The molecule has 1 aliphatic rings. The Hall–Kier alpha value is -2.86. The van der Waals surface area contributed by atoms with Crippen LogP contribution in [0.3, 0.4) is 0 Å². The number of anilines is 1. The molecule has 0 aliphatic carbocycles. The van der Waals surface area contributed by atoms with Gasteiger partial charge in [-0.05, 0) is 44.0 Å². The van der Waals surface area contributed by atoms with Crippen molar-refractivity contribution >= 4 is 22.9 Å². The molecule has 3 N–H and O–H groups in total. The largest absolute Gasteiger partial charge is 0.366 e. The summed E-state index contributed by atoms with van der Waals surface area (Å²) in [4.78, 5) is 24.5. The van der Waals surface area contributed by atoms with Crippen LogP contribution in [0.4, 0.5) is 5.95 Å². The molecule has 4 rings (SSSR count). The number of rotatable bonds is 5. The minimum absolute atomic E-state index is 0.432. The number of nitrogens with two attached hydrogens (primary N) is 1. The molecule has 0 saturated carbocycles. The van der Waals surface area contributed by atoms with E-state index in [1.807, 2.05) is 12.1 Å². The molecule has 146 valence electrons. The third kappa shape index (κ3) is 4.02. The predicted octanol–water partition coefficient (Wildman–Crippen LogP) is 2.73. The molecular weight excluding hydrogens is 350 g/mol. The number of hydrogen-bond acceptors (Lipinski definition) is 4. The monoisotopic (exact) mass is 377 g/mol. The first-order valence-electron chi connectivity index (χ1n) is 9.91. The average molecular weight is 377 g/mol. The lowest BCUT2D eigenvalue weighted by Gasteiger charge is -2.21. The smallest absolute Gasteiger partial charge is 0.250 e. The third-order valence-electron chi connectivity index (χ3n) is 5.50. The number of H-pyrrole nitrogens is 1. The molecule has 0 atom stereocenters. The molecule has 2 aromatic carbocycles. The Bertz CT molecular complexity index is 963. The number of primary amides is 1. The molecule has 0 spiro atoms. The van der Waals surface area contributed by atoms with E-state index in [-0.39, 0.29) is 0 Å². The summed E-state index contributed by atoms with van der Waals surface area (Å²) in [6.45, 7) is 7.16. The first-order valence-corrected chi connectivity index (χ1v) is 9.91. The van der Waals surface area contributed by atoms with Gasteiger partial charge < -0.3 is 20.5 Å². The number of hydrogen-bond donors (Lipinski definition) is 2. The lowest BCUT2D eigenvalue weighted by molar-refractivity contribution is 0.100. The van der Waals surface area contributed by atoms with Crippen LogP contribution in [0, 0.1) is 6.92 Å². The van der Waals surface area contributed by atoms with Gasteiger partial charge in [0.15, 0.2) is 0 Å². The Morgan fingerprint density at radius 2 is 1.93 bits per heavy atom. The number of carbonyl (C=O) groups excluding carboxylic acids is 1. The van der Waals surface area contributed by atoms with Gasteiger partial charge in [-0.3, -0.25) is 4.79 Å². The summed E-state index contributed by atoms with van der Waals surface area (Å²) >= 11 is 0. The van der Waals surface area contributed by atoms with Crippen LogP contribution >= 0.6 is 0 Å². The van der Waals surface area contributed by atoms with Crippen molar-refractivity contribution in [2.75, 3.05) is 37.6 Å². The Labute approximate surface area is 165 Å². The average Bonchev–Trinajstić information content (AvgIpc) is 2.99. The molecule has 1 aromatic heterocycles. The number of carbonyl (C=O) groups is 1. The van der Waals surface area contributed by atoms with Gasteiger partial charge in [0.2, 0.25) is 5.95 Å². The SMILES string of the molecule is Cc1ccc(CCN2CCCN(c3nc4cccc(C(N)=O)c4[nH]3)CC2)cc1. The van der Waals surface area contributed by atoms with E-state index in [4.69, 9.17) is 10.7 Å². The van der Waals surface area contributed by atoms with E-state index >= 15 is 0 Å². The summed E-state index contributed by atoms with van der Waals surface area (Å²) in [5.74, 6) is 0.392. The zero-order valence-corrected chi connectivity index (χ0v) is 16.3. The Balaban J connectivity index is 1.41. The summed E-state index contributed by atoms with van der Waals surface area (Å²) in [5.41, 5.74) is 10.2. The molecule has 1 fully saturated rings. The Kier molecular flexibility index (Phi) is 5.30. The second kappa shape index (κ2) is 8.02. The van der Waals surface area contributed by atoms with E-state index in [1.54, 1.807) is 6.07 Å². The van der Waals surface area contributed by atoms with Gasteiger partial charge in [0, 0.05) is 26.2 Å². The lowest BCUT2D eigenvalue weighted by atomic mass is 10.1. The topological polar surface area (TPSA) is 78.2 Å². The summed E-state index contributed by atoms with van der Waals surface area (Å²) in [6.07, 6.45) is 2.17. The number of imidazole rings is 1. The maximum absolute atomic E-state index is 11.7. The van der Waals surface area contributed by atoms with Gasteiger partial charge in [0.1, 0.15) is 0 Å². The van der Waals surface area contributed by atoms with Crippen LogP contribution in [0.1, 0.15) is 27.9 Å². The van der Waals surface area contributed by atoms with E-state index in [0.717, 1.165) is 62.5 Å². The summed E-state index contributed by atoms with van der Waals surface area (Å²) < 4.78 is 0. The first-order chi connectivity index (χ1) is 13.6. The highest BCUT2D eigenvalue weighted by Crippen LogP contribution is 2.21. The normalized spacial score (nSPS) is 15.7. The summed E-state index contributed by atoms with van der Waals surface area (Å²) in [7, 11) is 0. The molecule has 1 saturated heterocycles. The van der Waals surface area contributed by atoms with Gasteiger partial charge in [-0.15, -0.1) is 0 Å². The van der Waals surface area contributed by atoms with Gasteiger partial charge in [0.05, 0.1) is 16.6 Å². The van der Waals surface area contributed by atoms with Crippen molar-refractivity contribution in [1.82, 2.24) is 14.9 Å². The molecule has 2 heterocycles. The highest BCUT2D eigenvalue weighted by molar-refractivity contribution is 6.04. The number of aromatic amines is 1. The molecule has 0 radical (unpaired) electrons. The van der Waals surface area contributed by atoms with Crippen molar-refractivity contribution in [1.29, 1.82) is 0 Å². The molecule has 3 aromatic rings. The maximum atomic E-state index is 11.7. The van der Waals surface area contributed by atoms with Crippen molar-refractivity contribution < 1.29 is 4.79 Å². The zero-order valence-electron chi connectivity index (χ0n) is 16.3. The van der Waals surface area contributed by atoms with Gasteiger partial charge in [-0.1, -0.05) is 35.9 Å². The van der Waals surface area contributed by atoms with Crippen LogP contribution < -0.4 is 10.6 Å². The van der Waals surface area contributed by atoms with Crippen LogP contribution in [0.2, 0.25) is 0 Å². The van der Waals surface area contributed by atoms with Crippen LogP contribution in [0.5, 0.6) is 0 Å². The first kappa shape index (κ1) is 18.5. The molecule has 6 nitrogen and oxygen atoms in total. The quantitative estimate of drug-likeness (QED) is 0.717. The van der Waals surface area contributed by atoms with Crippen LogP contribution in [-0.4, -0.2) is 53.5 Å². The van der Waals surface area contributed by atoms with E-state index in [0.29, 0.717) is 5.56 Å². The number of nitrogens with zero attached hydrogens (tertiary/aromatic N) is 3. The summed E-state index contributed by atoms with van der Waals surface area (Å²) in [5, 5.41) is 0. The van der Waals surface area contributed by atoms with Gasteiger partial charge in [-0.2, -0.15) is 0 Å². The molecular formula is C22H27N5O. The maximum Gasteiger partial charge on any atom is 0.250 e. The highest BCUT2D eigenvalue weighted by atomic mass is 16.1. The number of benzene rings is 2. The number of nitrogens with one attached hydrogen (secondary N) is 1. The van der Waals surface area contributed by atoms with E-state index in [9.17, 15) is 4.79 Å². The lowest BCUT2D eigenvalue weighted by Crippen LogP contribution is -2.32. The van der Waals surface area contributed by atoms with E-state index in [2.05, 4.69) is 46.0 Å². The van der Waals surface area contributed by atoms with Crippen molar-refractivity contribution in [2.45, 2.75) is 19.8 Å². The van der Waals surface area contributed by atoms with Crippen LogP contribution in [-0.2, 0) is 6.42 Å². The van der Waals surface area contributed by atoms with Crippen LogP contribution in [0.25, 0.3) is 11.0 Å². The Morgan fingerprint density at radius 1 is 1.11 bits per heavy atom. The second-order valence-electron chi connectivity index (χ2n) is 7.54. The predicted molar refractivity (Wildman–Crippen MR) is 113 cm³/mol. The van der Waals surface area contributed by atoms with Crippen molar-refractivity contribution in [2.24, 2.45) is 5.73 Å². The number of para-hydroxylation sites is 1. The number of aryl methyl sites for hydroxylation is 1. The van der Waals surface area contributed by atoms with Gasteiger partial charge in [0.25, 0.3) is 5.91 Å². The minimum Gasteiger partial charge on any atom is -0.366 e. The minimum atomic E-state index is -0.432. The molecule has 0 bridgehead atoms. The highest BCUT2D eigenvalue weighted by Gasteiger charge is 2.19. The number of fused-ring (bicyclic) bond motifs is 1. The third-order valence-corrected chi connectivity index (χ3v) is 5.50. The van der Waals surface area contributed by atoms with Crippen molar-refractivity contribution in [3.8, 4) is 0 Å². The van der Waals surface area contributed by atoms with Gasteiger partial charge >= 0.3 is 0 Å². The molecule has 0 unspecified atom stereocenters. The molecule has 1 amide bonds. The zero-order chi connectivity index (χ0) is 19.5. The number of aromatic nitrogens is 2. The molecule has 1 aliphatic heterocycles. The fourth-order valence-electron chi connectivity index (χ4n) is 3.82. The summed E-state index contributed by atoms with van der Waals surface area (Å²) in [6, 6.07) is 14.3. The van der Waals surface area contributed by atoms with E-state index in [1.165, 1.54) is 11.1 Å². The molecule has 28 heavy (non-hydrogen) atoms. The number of amides is 1. The fourth-order valence-corrected chi connectivity index (χ4v) is 3.82. The van der Waals surface area contributed by atoms with E-state index < -0.39 is 5.91 Å². The fraction of sp³-hybridized carbons (Fsp3) is 0.364. The van der Waals surface area contributed by atoms with Crippen molar-refractivity contribution in [3.05, 3.63) is 59.2 Å². The Morgan fingerprint density at radius 3 is 2.71 bits per heavy atom. The van der Waals surface area contributed by atoms with Crippen LogP contribution in [0.15, 0.2) is 42.5 Å². The molecule has 6 heteroatoms.